The highest BCUT2D eigenvalue weighted by atomic mass is 35.5. The van der Waals surface area contributed by atoms with E-state index in [-0.39, 0.29) is 0 Å². The Labute approximate surface area is 100 Å². The molecule has 0 aromatic rings. The highest BCUT2D eigenvalue weighted by Gasteiger charge is 2.29. The van der Waals surface area contributed by atoms with E-state index in [1.54, 1.807) is 0 Å². The van der Waals surface area contributed by atoms with Crippen LogP contribution in [0.15, 0.2) is 0 Å². The van der Waals surface area contributed by atoms with Crippen LogP contribution in [0.1, 0.15) is 52.4 Å². The third kappa shape index (κ3) is 5.21. The number of rotatable bonds is 9. The monoisotopic (exact) mass is 231 g/mol. The van der Waals surface area contributed by atoms with Crippen molar-refractivity contribution < 1.29 is 0 Å². The Morgan fingerprint density at radius 3 is 2.53 bits per heavy atom. The second-order valence-electron chi connectivity index (χ2n) is 4.83. The van der Waals surface area contributed by atoms with Crippen molar-refractivity contribution in [1.82, 2.24) is 4.90 Å². The molecule has 1 unspecified atom stereocenters. The van der Waals surface area contributed by atoms with Gasteiger partial charge in [-0.3, -0.25) is 4.90 Å². The summed E-state index contributed by atoms with van der Waals surface area (Å²) in [5.74, 6) is 1.69. The maximum absolute atomic E-state index is 5.86. The van der Waals surface area contributed by atoms with E-state index in [0.717, 1.165) is 24.4 Å². The van der Waals surface area contributed by atoms with Crippen molar-refractivity contribution in [3.05, 3.63) is 0 Å². The number of unbranched alkanes of at least 4 members (excludes halogenated alkanes) is 1. The average molecular weight is 232 g/mol. The molecule has 1 aliphatic carbocycles. The van der Waals surface area contributed by atoms with Crippen molar-refractivity contribution in [2.75, 3.05) is 19.0 Å². The number of halogens is 1. The molecule has 15 heavy (non-hydrogen) atoms. The summed E-state index contributed by atoms with van der Waals surface area (Å²) in [5, 5.41) is 0. The Kier molecular flexibility index (Phi) is 6.67. The van der Waals surface area contributed by atoms with Crippen molar-refractivity contribution in [2.45, 2.75) is 58.4 Å². The smallest absolute Gasteiger partial charge is 0.0351 e. The molecule has 0 saturated heterocycles. The van der Waals surface area contributed by atoms with E-state index in [2.05, 4.69) is 18.7 Å². The summed E-state index contributed by atoms with van der Waals surface area (Å²) in [5.41, 5.74) is 0. The fourth-order valence-corrected chi connectivity index (χ4v) is 2.44. The van der Waals surface area contributed by atoms with E-state index < -0.39 is 0 Å². The van der Waals surface area contributed by atoms with Gasteiger partial charge in [0.25, 0.3) is 0 Å². The quantitative estimate of drug-likeness (QED) is 0.544. The Hall–Kier alpha value is 0.250. The van der Waals surface area contributed by atoms with Gasteiger partial charge >= 0.3 is 0 Å². The van der Waals surface area contributed by atoms with Crippen molar-refractivity contribution in [3.8, 4) is 0 Å². The molecule has 2 heteroatoms. The molecule has 1 aliphatic rings. The normalized spacial score (nSPS) is 18.4. The highest BCUT2D eigenvalue weighted by molar-refractivity contribution is 6.18. The Bertz CT molecular complexity index is 157. The summed E-state index contributed by atoms with van der Waals surface area (Å²) in [6.07, 6.45) is 8.25. The molecule has 1 nitrogen and oxygen atoms in total. The van der Waals surface area contributed by atoms with Crippen LogP contribution in [-0.2, 0) is 0 Å². The largest absolute Gasteiger partial charge is 0.299 e. The third-order valence-electron chi connectivity index (χ3n) is 3.47. The molecule has 0 heterocycles. The lowest BCUT2D eigenvalue weighted by atomic mass is 9.98. The Balaban J connectivity index is 2.25. The number of hydrogen-bond donors (Lipinski definition) is 0. The Morgan fingerprint density at radius 2 is 2.07 bits per heavy atom. The number of alkyl halides is 1. The van der Waals surface area contributed by atoms with Gasteiger partial charge in [-0.15, -0.1) is 11.6 Å². The van der Waals surface area contributed by atoms with E-state index in [9.17, 15) is 0 Å². The predicted molar refractivity (Wildman–Crippen MR) is 68.6 cm³/mol. The summed E-state index contributed by atoms with van der Waals surface area (Å²) in [4.78, 5) is 2.62. The molecular weight excluding hydrogens is 206 g/mol. The first-order valence-electron chi connectivity index (χ1n) is 6.61. The van der Waals surface area contributed by atoms with E-state index in [1.807, 2.05) is 0 Å². The van der Waals surface area contributed by atoms with Crippen molar-refractivity contribution in [1.29, 1.82) is 0 Å². The zero-order valence-electron chi connectivity index (χ0n) is 10.3. The average Bonchev–Trinajstić information content (AvgIpc) is 3.06. The van der Waals surface area contributed by atoms with E-state index in [1.165, 1.54) is 45.1 Å². The van der Waals surface area contributed by atoms with Crippen molar-refractivity contribution in [3.63, 3.8) is 0 Å². The molecule has 1 saturated carbocycles. The molecule has 0 aromatic carbocycles. The van der Waals surface area contributed by atoms with Gasteiger partial charge in [0.1, 0.15) is 0 Å². The molecule has 0 aliphatic heterocycles. The van der Waals surface area contributed by atoms with Crippen LogP contribution in [0.25, 0.3) is 0 Å². The van der Waals surface area contributed by atoms with Crippen LogP contribution in [0.3, 0.4) is 0 Å². The zero-order valence-corrected chi connectivity index (χ0v) is 11.1. The van der Waals surface area contributed by atoms with Crippen LogP contribution >= 0.6 is 11.6 Å². The summed E-state index contributed by atoms with van der Waals surface area (Å²) in [7, 11) is 0. The van der Waals surface area contributed by atoms with E-state index in [4.69, 9.17) is 11.6 Å². The number of hydrogen-bond acceptors (Lipinski definition) is 1. The summed E-state index contributed by atoms with van der Waals surface area (Å²) >= 11 is 5.86. The molecule has 0 radical (unpaired) electrons. The molecule has 1 rings (SSSR count). The predicted octanol–water partition coefficient (Wildman–Crippen LogP) is 3.91. The molecular formula is C13H26ClN. The lowest BCUT2D eigenvalue weighted by molar-refractivity contribution is 0.221. The van der Waals surface area contributed by atoms with Gasteiger partial charge in [0.15, 0.2) is 0 Å². The standard InChI is InChI=1S/C13H26ClN/c1-3-5-6-12(4-2)11-15(10-9-14)13-7-8-13/h12-13H,3-11H2,1-2H3. The molecule has 0 amide bonds. The maximum atomic E-state index is 5.86. The molecule has 90 valence electrons. The summed E-state index contributed by atoms with van der Waals surface area (Å²) < 4.78 is 0. The first-order chi connectivity index (χ1) is 7.31. The molecule has 1 fully saturated rings. The van der Waals surface area contributed by atoms with Gasteiger partial charge in [-0.05, 0) is 25.2 Å². The molecule has 0 spiro atoms. The van der Waals surface area contributed by atoms with Crippen LogP contribution in [0.4, 0.5) is 0 Å². The lowest BCUT2D eigenvalue weighted by Crippen LogP contribution is -2.33. The van der Waals surface area contributed by atoms with Gasteiger partial charge in [-0.2, -0.15) is 0 Å². The molecule has 0 bridgehead atoms. The summed E-state index contributed by atoms with van der Waals surface area (Å²) in [6, 6.07) is 0.874. The maximum Gasteiger partial charge on any atom is 0.0351 e. The van der Waals surface area contributed by atoms with Crippen LogP contribution < -0.4 is 0 Å². The van der Waals surface area contributed by atoms with Gasteiger partial charge in [0.2, 0.25) is 0 Å². The second kappa shape index (κ2) is 7.51. The minimum absolute atomic E-state index is 0.792. The fourth-order valence-electron chi connectivity index (χ4n) is 2.22. The molecule has 1 atom stereocenters. The van der Waals surface area contributed by atoms with Gasteiger partial charge in [0, 0.05) is 25.0 Å². The topological polar surface area (TPSA) is 3.24 Å². The molecule has 0 N–H and O–H groups in total. The minimum atomic E-state index is 0.792. The number of nitrogens with zero attached hydrogens (tertiary/aromatic N) is 1. The first kappa shape index (κ1) is 13.3. The van der Waals surface area contributed by atoms with E-state index >= 15 is 0 Å². The zero-order chi connectivity index (χ0) is 11.1. The highest BCUT2D eigenvalue weighted by Crippen LogP contribution is 2.28. The van der Waals surface area contributed by atoms with Crippen molar-refractivity contribution in [2.24, 2.45) is 5.92 Å². The lowest BCUT2D eigenvalue weighted by Gasteiger charge is -2.26. The van der Waals surface area contributed by atoms with Gasteiger partial charge in [0.05, 0.1) is 0 Å². The fraction of sp³-hybridized carbons (Fsp3) is 1.00. The second-order valence-corrected chi connectivity index (χ2v) is 5.21. The van der Waals surface area contributed by atoms with Crippen molar-refractivity contribution >= 4 is 11.6 Å². The van der Waals surface area contributed by atoms with Gasteiger partial charge in [-0.1, -0.05) is 33.1 Å². The first-order valence-corrected chi connectivity index (χ1v) is 7.15. The summed E-state index contributed by atoms with van der Waals surface area (Å²) in [6.45, 7) is 6.99. The van der Waals surface area contributed by atoms with Gasteiger partial charge in [-0.25, -0.2) is 0 Å². The van der Waals surface area contributed by atoms with Crippen LogP contribution in [0, 0.1) is 5.92 Å². The third-order valence-corrected chi connectivity index (χ3v) is 3.64. The minimum Gasteiger partial charge on any atom is -0.299 e. The van der Waals surface area contributed by atoms with E-state index in [0.29, 0.717) is 0 Å². The van der Waals surface area contributed by atoms with Crippen LogP contribution in [-0.4, -0.2) is 29.9 Å². The Morgan fingerprint density at radius 1 is 1.33 bits per heavy atom. The van der Waals surface area contributed by atoms with Crippen LogP contribution in [0.5, 0.6) is 0 Å². The SMILES string of the molecule is CCCCC(CC)CN(CCCl)C1CC1. The van der Waals surface area contributed by atoms with Gasteiger partial charge < -0.3 is 0 Å². The van der Waals surface area contributed by atoms with Crippen LogP contribution in [0.2, 0.25) is 0 Å². The molecule has 0 aromatic heterocycles.